The van der Waals surface area contributed by atoms with E-state index < -0.39 is 0 Å². The Morgan fingerprint density at radius 2 is 2.25 bits per heavy atom. The van der Waals surface area contributed by atoms with Gasteiger partial charge < -0.3 is 10.5 Å². The molecule has 0 aliphatic carbocycles. The van der Waals surface area contributed by atoms with Crippen LogP contribution < -0.4 is 5.73 Å². The highest BCUT2D eigenvalue weighted by molar-refractivity contribution is 14.1. The van der Waals surface area contributed by atoms with Crippen molar-refractivity contribution >= 4 is 50.0 Å². The number of aromatic nitrogens is 3. The summed E-state index contributed by atoms with van der Waals surface area (Å²) < 4.78 is 7.09. The zero-order valence-corrected chi connectivity index (χ0v) is 13.6. The standard InChI is InChI=1S/C13H11IN4OS/c1-19-6-9-11(14)12(15)18-13(17-9)7-4-10-8(16-5-7)2-3-20-10/h2-5H,6H2,1H3,(H2,15,17,18). The molecule has 3 heterocycles. The molecule has 0 aliphatic rings. The zero-order chi connectivity index (χ0) is 14.1. The number of anilines is 1. The lowest BCUT2D eigenvalue weighted by Gasteiger charge is -2.08. The summed E-state index contributed by atoms with van der Waals surface area (Å²) in [5, 5.41) is 2.01. The van der Waals surface area contributed by atoms with Crippen molar-refractivity contribution in [2.75, 3.05) is 12.8 Å². The van der Waals surface area contributed by atoms with E-state index >= 15 is 0 Å². The molecule has 0 saturated carbocycles. The van der Waals surface area contributed by atoms with Crippen LogP contribution in [-0.2, 0) is 11.3 Å². The Balaban J connectivity index is 2.12. The molecular weight excluding hydrogens is 387 g/mol. The number of rotatable bonds is 3. The third-order valence-corrected chi connectivity index (χ3v) is 4.82. The molecule has 0 saturated heterocycles. The van der Waals surface area contributed by atoms with Gasteiger partial charge in [-0.2, -0.15) is 0 Å². The molecular formula is C13H11IN4OS. The summed E-state index contributed by atoms with van der Waals surface area (Å²) in [4.78, 5) is 13.3. The van der Waals surface area contributed by atoms with Gasteiger partial charge in [0.2, 0.25) is 0 Å². The summed E-state index contributed by atoms with van der Waals surface area (Å²) in [7, 11) is 1.63. The van der Waals surface area contributed by atoms with Crippen LogP contribution >= 0.6 is 33.9 Å². The topological polar surface area (TPSA) is 73.9 Å². The van der Waals surface area contributed by atoms with Crippen LogP contribution in [0.25, 0.3) is 21.6 Å². The molecule has 7 heteroatoms. The molecule has 20 heavy (non-hydrogen) atoms. The Morgan fingerprint density at radius 1 is 1.40 bits per heavy atom. The van der Waals surface area contributed by atoms with Crippen molar-refractivity contribution in [3.05, 3.63) is 33.0 Å². The monoisotopic (exact) mass is 398 g/mol. The van der Waals surface area contributed by atoms with Crippen molar-refractivity contribution in [2.45, 2.75) is 6.61 Å². The molecule has 0 aromatic carbocycles. The van der Waals surface area contributed by atoms with Crippen molar-refractivity contribution in [3.8, 4) is 11.4 Å². The van der Waals surface area contributed by atoms with Crippen molar-refractivity contribution < 1.29 is 4.74 Å². The lowest BCUT2D eigenvalue weighted by Crippen LogP contribution is -2.06. The number of hydrogen-bond donors (Lipinski definition) is 1. The van der Waals surface area contributed by atoms with Crippen LogP contribution in [-0.4, -0.2) is 22.1 Å². The maximum Gasteiger partial charge on any atom is 0.163 e. The number of pyridine rings is 1. The molecule has 0 atom stereocenters. The van der Waals surface area contributed by atoms with Gasteiger partial charge in [-0.15, -0.1) is 11.3 Å². The Morgan fingerprint density at radius 3 is 3.05 bits per heavy atom. The van der Waals surface area contributed by atoms with Gasteiger partial charge in [0.25, 0.3) is 0 Å². The second-order valence-electron chi connectivity index (χ2n) is 4.15. The zero-order valence-electron chi connectivity index (χ0n) is 10.6. The summed E-state index contributed by atoms with van der Waals surface area (Å²) in [6.45, 7) is 0.409. The molecule has 3 aromatic rings. The first kappa shape index (κ1) is 13.7. The Hall–Kier alpha value is -1.32. The second-order valence-corrected chi connectivity index (χ2v) is 6.18. The third-order valence-electron chi connectivity index (χ3n) is 2.79. The number of halogens is 1. The van der Waals surface area contributed by atoms with Crippen molar-refractivity contribution in [1.29, 1.82) is 0 Å². The number of methoxy groups -OCH3 is 1. The molecule has 0 unspecified atom stereocenters. The normalized spacial score (nSPS) is 11.1. The van der Waals surface area contributed by atoms with Crippen LogP contribution in [0.4, 0.5) is 5.82 Å². The van der Waals surface area contributed by atoms with E-state index in [2.05, 4.69) is 37.5 Å². The van der Waals surface area contributed by atoms with E-state index in [1.54, 1.807) is 24.6 Å². The molecule has 3 aromatic heterocycles. The Kier molecular flexibility index (Phi) is 3.81. The molecule has 3 rings (SSSR count). The summed E-state index contributed by atoms with van der Waals surface area (Å²) in [5.74, 6) is 1.05. The van der Waals surface area contributed by atoms with Gasteiger partial charge in [-0.05, 0) is 40.1 Å². The van der Waals surface area contributed by atoms with Crippen LogP contribution in [0.5, 0.6) is 0 Å². The van der Waals surface area contributed by atoms with E-state index in [-0.39, 0.29) is 0 Å². The van der Waals surface area contributed by atoms with Crippen molar-refractivity contribution in [1.82, 2.24) is 15.0 Å². The lowest BCUT2D eigenvalue weighted by atomic mass is 10.2. The van der Waals surface area contributed by atoms with Gasteiger partial charge in [-0.25, -0.2) is 9.97 Å². The minimum absolute atomic E-state index is 0.409. The van der Waals surface area contributed by atoms with Gasteiger partial charge in [-0.3, -0.25) is 4.98 Å². The Labute approximate surface area is 133 Å². The number of hydrogen-bond acceptors (Lipinski definition) is 6. The number of fused-ring (bicyclic) bond motifs is 1. The number of nitrogens with two attached hydrogens (primary N) is 1. The van der Waals surface area contributed by atoms with Gasteiger partial charge in [0.05, 0.1) is 26.1 Å². The van der Waals surface area contributed by atoms with Crippen molar-refractivity contribution in [2.24, 2.45) is 0 Å². The van der Waals surface area contributed by atoms with Gasteiger partial charge in [0.1, 0.15) is 5.82 Å². The first-order valence-electron chi connectivity index (χ1n) is 5.83. The van der Waals surface area contributed by atoms with E-state index in [1.165, 1.54) is 0 Å². The minimum Gasteiger partial charge on any atom is -0.383 e. The average molecular weight is 398 g/mol. The van der Waals surface area contributed by atoms with Gasteiger partial charge in [0.15, 0.2) is 5.82 Å². The van der Waals surface area contributed by atoms with Crippen LogP contribution in [0.2, 0.25) is 0 Å². The van der Waals surface area contributed by atoms with Crippen molar-refractivity contribution in [3.63, 3.8) is 0 Å². The predicted molar refractivity (Wildman–Crippen MR) is 88.5 cm³/mol. The van der Waals surface area contributed by atoms with E-state index in [9.17, 15) is 0 Å². The molecule has 0 radical (unpaired) electrons. The van der Waals surface area contributed by atoms with E-state index in [1.807, 2.05) is 17.5 Å². The first-order valence-corrected chi connectivity index (χ1v) is 7.79. The number of nitrogens with zero attached hydrogens (tertiary/aromatic N) is 3. The highest BCUT2D eigenvalue weighted by Crippen LogP contribution is 2.26. The van der Waals surface area contributed by atoms with Gasteiger partial charge in [0, 0.05) is 18.9 Å². The van der Waals surface area contributed by atoms with E-state index in [0.29, 0.717) is 18.2 Å². The van der Waals surface area contributed by atoms with Gasteiger partial charge >= 0.3 is 0 Å². The summed E-state index contributed by atoms with van der Waals surface area (Å²) in [5.41, 5.74) is 8.59. The van der Waals surface area contributed by atoms with Crippen LogP contribution in [0.1, 0.15) is 5.69 Å². The predicted octanol–water partition coefficient (Wildman–Crippen LogP) is 3.09. The second kappa shape index (κ2) is 5.58. The quantitative estimate of drug-likeness (QED) is 0.687. The maximum atomic E-state index is 5.95. The third kappa shape index (κ3) is 2.48. The maximum absolute atomic E-state index is 5.95. The largest absolute Gasteiger partial charge is 0.383 e. The lowest BCUT2D eigenvalue weighted by molar-refractivity contribution is 0.181. The molecule has 0 amide bonds. The average Bonchev–Trinajstić information content (AvgIpc) is 2.91. The van der Waals surface area contributed by atoms with E-state index in [0.717, 1.165) is 25.0 Å². The smallest absolute Gasteiger partial charge is 0.163 e. The summed E-state index contributed by atoms with van der Waals surface area (Å²) in [6.07, 6.45) is 1.77. The SMILES string of the molecule is COCc1nc(-c2cnc3ccsc3c2)nc(N)c1I. The number of ether oxygens (including phenoxy) is 1. The van der Waals surface area contributed by atoms with Crippen LogP contribution in [0, 0.1) is 3.57 Å². The number of thiophene rings is 1. The molecule has 0 bridgehead atoms. The fourth-order valence-corrected chi connectivity index (χ4v) is 3.02. The highest BCUT2D eigenvalue weighted by atomic mass is 127. The molecule has 0 aliphatic heterocycles. The molecule has 0 spiro atoms. The Bertz CT molecular complexity index is 774. The summed E-state index contributed by atoms with van der Waals surface area (Å²) in [6, 6.07) is 4.02. The molecule has 2 N–H and O–H groups in total. The van der Waals surface area contributed by atoms with Crippen LogP contribution in [0.15, 0.2) is 23.7 Å². The minimum atomic E-state index is 0.409. The summed E-state index contributed by atoms with van der Waals surface area (Å²) >= 11 is 3.78. The highest BCUT2D eigenvalue weighted by Gasteiger charge is 2.12. The fourth-order valence-electron chi connectivity index (χ4n) is 1.84. The number of nitrogen functional groups attached to an aromatic ring is 1. The molecule has 102 valence electrons. The molecule has 5 nitrogen and oxygen atoms in total. The fraction of sp³-hybridized carbons (Fsp3) is 0.154. The molecule has 0 fully saturated rings. The van der Waals surface area contributed by atoms with E-state index in [4.69, 9.17) is 10.5 Å². The van der Waals surface area contributed by atoms with Gasteiger partial charge in [-0.1, -0.05) is 0 Å². The van der Waals surface area contributed by atoms with Crippen LogP contribution in [0.3, 0.4) is 0 Å². The first-order chi connectivity index (χ1) is 9.69.